The van der Waals surface area contributed by atoms with Crippen LogP contribution in [0.4, 0.5) is 0 Å². The maximum absolute atomic E-state index is 12.5. The van der Waals surface area contributed by atoms with E-state index in [1.807, 2.05) is 61.5 Å². The van der Waals surface area contributed by atoms with Crippen molar-refractivity contribution in [3.63, 3.8) is 0 Å². The summed E-state index contributed by atoms with van der Waals surface area (Å²) in [5, 5.41) is 2.97. The van der Waals surface area contributed by atoms with Crippen LogP contribution >= 0.6 is 11.3 Å². The Morgan fingerprint density at radius 1 is 1.04 bits per heavy atom. The number of aryl methyl sites for hydroxylation is 2. The summed E-state index contributed by atoms with van der Waals surface area (Å²) in [5.74, 6) is 0.554. The van der Waals surface area contributed by atoms with E-state index < -0.39 is 0 Å². The molecule has 1 aromatic heterocycles. The molecule has 4 heteroatoms. The Kier molecular flexibility index (Phi) is 5.51. The molecule has 0 saturated carbocycles. The summed E-state index contributed by atoms with van der Waals surface area (Å²) >= 11 is 1.46. The molecule has 0 radical (unpaired) electrons. The molecule has 0 aliphatic rings. The molecule has 3 rings (SSSR count). The molecule has 0 atom stereocenters. The van der Waals surface area contributed by atoms with Gasteiger partial charge in [-0.1, -0.05) is 54.6 Å². The number of amides is 1. The molecule has 3 aromatic rings. The Labute approximate surface area is 152 Å². The number of hydrogen-bond donors (Lipinski definition) is 1. The van der Waals surface area contributed by atoms with Crippen LogP contribution in [0.25, 0.3) is 0 Å². The summed E-state index contributed by atoms with van der Waals surface area (Å²) in [6.45, 7) is 5.01. The third kappa shape index (κ3) is 4.48. The molecule has 1 heterocycles. The lowest BCUT2D eigenvalue weighted by Gasteiger charge is -2.10. The zero-order valence-electron chi connectivity index (χ0n) is 14.4. The number of rotatable bonds is 6. The smallest absolute Gasteiger partial charge is 0.265 e. The first-order chi connectivity index (χ1) is 12.1. The van der Waals surface area contributed by atoms with Crippen LogP contribution in [0.1, 0.15) is 31.2 Å². The molecule has 1 N–H and O–H groups in total. The zero-order chi connectivity index (χ0) is 17.6. The maximum Gasteiger partial charge on any atom is 0.265 e. The standard InChI is InChI=1S/C21H21NO2S/c1-15-8-6-7-11-18(15)14-24-19-12-16(2)25-20(19)21(23)22-13-17-9-4-3-5-10-17/h3-12H,13-14H2,1-2H3,(H,22,23). The summed E-state index contributed by atoms with van der Waals surface area (Å²) in [6.07, 6.45) is 0. The highest BCUT2D eigenvalue weighted by molar-refractivity contribution is 7.14. The molecular formula is C21H21NO2S. The van der Waals surface area contributed by atoms with E-state index in [2.05, 4.69) is 18.3 Å². The average molecular weight is 351 g/mol. The quantitative estimate of drug-likeness (QED) is 0.688. The maximum atomic E-state index is 12.5. The summed E-state index contributed by atoms with van der Waals surface area (Å²) < 4.78 is 5.95. The van der Waals surface area contributed by atoms with Crippen LogP contribution in [0.5, 0.6) is 5.75 Å². The molecule has 0 saturated heterocycles. The minimum atomic E-state index is -0.0956. The van der Waals surface area contributed by atoms with Crippen molar-refractivity contribution in [2.75, 3.05) is 0 Å². The van der Waals surface area contributed by atoms with Gasteiger partial charge in [-0.05, 0) is 36.6 Å². The van der Waals surface area contributed by atoms with Crippen LogP contribution in [0.2, 0.25) is 0 Å². The topological polar surface area (TPSA) is 38.3 Å². The molecule has 0 fully saturated rings. The molecule has 3 nitrogen and oxygen atoms in total. The van der Waals surface area contributed by atoms with Crippen molar-refractivity contribution in [2.24, 2.45) is 0 Å². The van der Waals surface area contributed by atoms with E-state index in [9.17, 15) is 4.79 Å². The van der Waals surface area contributed by atoms with E-state index in [0.29, 0.717) is 23.8 Å². The van der Waals surface area contributed by atoms with Gasteiger partial charge in [0.2, 0.25) is 0 Å². The summed E-state index contributed by atoms with van der Waals surface area (Å²) in [5.41, 5.74) is 3.39. The van der Waals surface area contributed by atoms with Crippen molar-refractivity contribution < 1.29 is 9.53 Å². The lowest BCUT2D eigenvalue weighted by Crippen LogP contribution is -2.22. The lowest BCUT2D eigenvalue weighted by molar-refractivity contribution is 0.0951. The van der Waals surface area contributed by atoms with Gasteiger partial charge in [0, 0.05) is 11.4 Å². The van der Waals surface area contributed by atoms with Gasteiger partial charge < -0.3 is 10.1 Å². The molecule has 1 amide bonds. The van der Waals surface area contributed by atoms with Gasteiger partial charge in [-0.3, -0.25) is 4.79 Å². The molecule has 128 valence electrons. The fourth-order valence-corrected chi connectivity index (χ4v) is 3.41. The highest BCUT2D eigenvalue weighted by Gasteiger charge is 2.16. The highest BCUT2D eigenvalue weighted by atomic mass is 32.1. The molecule has 2 aromatic carbocycles. The highest BCUT2D eigenvalue weighted by Crippen LogP contribution is 2.30. The number of ether oxygens (including phenoxy) is 1. The number of thiophene rings is 1. The van der Waals surface area contributed by atoms with Gasteiger partial charge in [-0.25, -0.2) is 0 Å². The Morgan fingerprint density at radius 2 is 1.76 bits per heavy atom. The van der Waals surface area contributed by atoms with Gasteiger partial charge >= 0.3 is 0 Å². The predicted octanol–water partition coefficient (Wildman–Crippen LogP) is 4.87. The molecule has 0 aliphatic carbocycles. The number of carbonyl (C=O) groups is 1. The van der Waals surface area contributed by atoms with Gasteiger partial charge in [0.15, 0.2) is 0 Å². The Bertz CT molecular complexity index is 855. The number of carbonyl (C=O) groups excluding carboxylic acids is 1. The van der Waals surface area contributed by atoms with E-state index in [4.69, 9.17) is 4.74 Å². The predicted molar refractivity (Wildman–Crippen MR) is 102 cm³/mol. The minimum Gasteiger partial charge on any atom is -0.487 e. The van der Waals surface area contributed by atoms with Crippen molar-refractivity contribution >= 4 is 17.2 Å². The second-order valence-electron chi connectivity index (χ2n) is 5.93. The van der Waals surface area contributed by atoms with Crippen LogP contribution < -0.4 is 10.1 Å². The van der Waals surface area contributed by atoms with Crippen molar-refractivity contribution in [3.05, 3.63) is 87.1 Å². The van der Waals surface area contributed by atoms with E-state index >= 15 is 0 Å². The van der Waals surface area contributed by atoms with Gasteiger partial charge in [0.1, 0.15) is 17.2 Å². The largest absolute Gasteiger partial charge is 0.487 e. The van der Waals surface area contributed by atoms with Crippen molar-refractivity contribution in [1.82, 2.24) is 5.32 Å². The molecule has 0 unspecified atom stereocenters. The molecule has 0 aliphatic heterocycles. The third-order valence-electron chi connectivity index (χ3n) is 3.97. The first-order valence-corrected chi connectivity index (χ1v) is 9.05. The number of benzene rings is 2. The Morgan fingerprint density at radius 3 is 2.52 bits per heavy atom. The first-order valence-electron chi connectivity index (χ1n) is 8.23. The third-order valence-corrected chi connectivity index (χ3v) is 5.00. The van der Waals surface area contributed by atoms with Crippen LogP contribution in [0.3, 0.4) is 0 Å². The fraction of sp³-hybridized carbons (Fsp3) is 0.190. The van der Waals surface area contributed by atoms with Gasteiger partial charge in [0.05, 0.1) is 0 Å². The molecule has 0 spiro atoms. The lowest BCUT2D eigenvalue weighted by atomic mass is 10.1. The molecule has 25 heavy (non-hydrogen) atoms. The summed E-state index contributed by atoms with van der Waals surface area (Å²) in [6, 6.07) is 19.9. The first kappa shape index (κ1) is 17.2. The number of hydrogen-bond acceptors (Lipinski definition) is 3. The van der Waals surface area contributed by atoms with Crippen molar-refractivity contribution in [3.8, 4) is 5.75 Å². The second-order valence-corrected chi connectivity index (χ2v) is 7.19. The van der Waals surface area contributed by atoms with E-state index in [1.165, 1.54) is 16.9 Å². The fourth-order valence-electron chi connectivity index (χ4n) is 2.54. The summed E-state index contributed by atoms with van der Waals surface area (Å²) in [7, 11) is 0. The van der Waals surface area contributed by atoms with Crippen LogP contribution in [0.15, 0.2) is 60.7 Å². The van der Waals surface area contributed by atoms with Gasteiger partial charge in [0.25, 0.3) is 5.91 Å². The number of nitrogens with one attached hydrogen (secondary N) is 1. The molecular weight excluding hydrogens is 330 g/mol. The average Bonchev–Trinajstić information content (AvgIpc) is 3.01. The van der Waals surface area contributed by atoms with Crippen LogP contribution in [-0.4, -0.2) is 5.91 Å². The van der Waals surface area contributed by atoms with Gasteiger partial charge in [-0.2, -0.15) is 0 Å². The van der Waals surface area contributed by atoms with E-state index in [1.54, 1.807) is 0 Å². The normalized spacial score (nSPS) is 10.5. The van der Waals surface area contributed by atoms with Crippen LogP contribution in [-0.2, 0) is 13.2 Å². The SMILES string of the molecule is Cc1cc(OCc2ccccc2C)c(C(=O)NCc2ccccc2)s1. The van der Waals surface area contributed by atoms with E-state index in [-0.39, 0.29) is 5.91 Å². The Balaban J connectivity index is 1.67. The van der Waals surface area contributed by atoms with Crippen molar-refractivity contribution in [1.29, 1.82) is 0 Å². The van der Waals surface area contributed by atoms with E-state index in [0.717, 1.165) is 16.0 Å². The zero-order valence-corrected chi connectivity index (χ0v) is 15.2. The summed E-state index contributed by atoms with van der Waals surface area (Å²) in [4.78, 5) is 14.2. The van der Waals surface area contributed by atoms with Gasteiger partial charge in [-0.15, -0.1) is 11.3 Å². The van der Waals surface area contributed by atoms with Crippen LogP contribution in [0, 0.1) is 13.8 Å². The monoisotopic (exact) mass is 351 g/mol. The molecule has 0 bridgehead atoms. The minimum absolute atomic E-state index is 0.0956. The van der Waals surface area contributed by atoms with Crippen molar-refractivity contribution in [2.45, 2.75) is 27.0 Å². The second kappa shape index (κ2) is 7.99. The Hall–Kier alpha value is -2.59.